The molecular weight excluding hydrogens is 230 g/mol. The van der Waals surface area contributed by atoms with E-state index in [0.717, 1.165) is 39.1 Å². The van der Waals surface area contributed by atoms with Gasteiger partial charge in [0.05, 0.1) is 7.11 Å². The average molecular weight is 257 g/mol. The highest BCUT2D eigenvalue weighted by Crippen LogP contribution is 2.11. The molecule has 0 saturated carbocycles. The molecule has 0 aliphatic carbocycles. The van der Waals surface area contributed by atoms with Crippen molar-refractivity contribution in [3.05, 3.63) is 0 Å². The minimum Gasteiger partial charge on any atom is -0.453 e. The number of methoxy groups -OCH3 is 1. The second-order valence-electron chi connectivity index (χ2n) is 5.19. The lowest BCUT2D eigenvalue weighted by atomic mass is 10.1. The van der Waals surface area contributed by atoms with Crippen molar-refractivity contribution in [3.63, 3.8) is 0 Å². The second-order valence-corrected chi connectivity index (χ2v) is 5.19. The van der Waals surface area contributed by atoms with Crippen LogP contribution in [0.2, 0.25) is 0 Å². The zero-order valence-electron chi connectivity index (χ0n) is 11.9. The van der Waals surface area contributed by atoms with Crippen molar-refractivity contribution in [3.8, 4) is 0 Å². The normalized spacial score (nSPS) is 21.8. The molecule has 0 aromatic heterocycles. The molecule has 1 heterocycles. The van der Waals surface area contributed by atoms with Crippen LogP contribution in [-0.2, 0) is 4.74 Å². The van der Waals surface area contributed by atoms with Gasteiger partial charge in [0.1, 0.15) is 0 Å². The third-order valence-electron chi connectivity index (χ3n) is 3.27. The van der Waals surface area contributed by atoms with Gasteiger partial charge in [-0.2, -0.15) is 0 Å². The second kappa shape index (κ2) is 8.32. The van der Waals surface area contributed by atoms with Gasteiger partial charge in [-0.3, -0.25) is 0 Å². The van der Waals surface area contributed by atoms with Crippen LogP contribution in [0.3, 0.4) is 0 Å². The number of rotatable bonds is 7. The summed E-state index contributed by atoms with van der Waals surface area (Å²) in [5, 5.41) is 6.31. The van der Waals surface area contributed by atoms with Crippen LogP contribution in [-0.4, -0.2) is 56.9 Å². The maximum absolute atomic E-state index is 11.1. The Hall–Kier alpha value is -0.810. The molecule has 0 bridgehead atoms. The van der Waals surface area contributed by atoms with Crippen molar-refractivity contribution in [2.24, 2.45) is 5.92 Å². The van der Waals surface area contributed by atoms with E-state index >= 15 is 0 Å². The first-order valence-corrected chi connectivity index (χ1v) is 6.93. The monoisotopic (exact) mass is 257 g/mol. The fourth-order valence-corrected chi connectivity index (χ4v) is 2.37. The summed E-state index contributed by atoms with van der Waals surface area (Å²) in [5.41, 5.74) is 0. The number of carbonyl (C=O) groups is 1. The summed E-state index contributed by atoms with van der Waals surface area (Å²) in [5.74, 6) is 0.647. The number of hydrogen-bond donors (Lipinski definition) is 2. The maximum Gasteiger partial charge on any atom is 0.407 e. The van der Waals surface area contributed by atoms with Gasteiger partial charge in [-0.05, 0) is 31.8 Å². The largest absolute Gasteiger partial charge is 0.453 e. The lowest BCUT2D eigenvalue weighted by Crippen LogP contribution is -2.38. The zero-order chi connectivity index (χ0) is 13.4. The molecule has 0 radical (unpaired) electrons. The first-order chi connectivity index (χ1) is 8.65. The average Bonchev–Trinajstić information content (AvgIpc) is 2.76. The van der Waals surface area contributed by atoms with Crippen molar-refractivity contribution in [1.29, 1.82) is 0 Å². The lowest BCUT2D eigenvalue weighted by molar-refractivity contribution is 0.166. The van der Waals surface area contributed by atoms with Crippen LogP contribution >= 0.6 is 0 Å². The van der Waals surface area contributed by atoms with Crippen LogP contribution in [0.15, 0.2) is 0 Å². The molecule has 2 N–H and O–H groups in total. The predicted molar refractivity (Wildman–Crippen MR) is 72.7 cm³/mol. The van der Waals surface area contributed by atoms with Crippen LogP contribution in [0, 0.1) is 5.92 Å². The Balaban J connectivity index is 2.15. The summed E-state index contributed by atoms with van der Waals surface area (Å²) in [6.45, 7) is 9.71. The topological polar surface area (TPSA) is 53.6 Å². The molecule has 18 heavy (non-hydrogen) atoms. The molecule has 1 rings (SSSR count). The number of ether oxygens (including phenoxy) is 1. The van der Waals surface area contributed by atoms with Gasteiger partial charge < -0.3 is 20.3 Å². The minimum absolute atomic E-state index is 0.244. The molecule has 1 aliphatic rings. The van der Waals surface area contributed by atoms with E-state index in [9.17, 15) is 4.79 Å². The van der Waals surface area contributed by atoms with E-state index in [-0.39, 0.29) is 12.1 Å². The lowest BCUT2D eigenvalue weighted by Gasteiger charge is -2.21. The minimum atomic E-state index is -0.320. The number of likely N-dealkylation sites (tertiary alicyclic amines) is 1. The van der Waals surface area contributed by atoms with Gasteiger partial charge in [-0.25, -0.2) is 4.79 Å². The van der Waals surface area contributed by atoms with E-state index in [2.05, 4.69) is 34.1 Å². The molecule has 5 heteroatoms. The summed E-state index contributed by atoms with van der Waals surface area (Å²) >= 11 is 0. The van der Waals surface area contributed by atoms with Gasteiger partial charge in [0.25, 0.3) is 0 Å². The van der Waals surface area contributed by atoms with E-state index in [0.29, 0.717) is 5.92 Å². The van der Waals surface area contributed by atoms with E-state index in [1.165, 1.54) is 13.5 Å². The summed E-state index contributed by atoms with van der Waals surface area (Å²) in [6, 6.07) is 0.244. The maximum atomic E-state index is 11.1. The molecule has 1 aliphatic heterocycles. The van der Waals surface area contributed by atoms with Gasteiger partial charge in [-0.15, -0.1) is 0 Å². The van der Waals surface area contributed by atoms with Crippen molar-refractivity contribution in [1.82, 2.24) is 15.5 Å². The number of nitrogens with one attached hydrogen (secondary N) is 2. The van der Waals surface area contributed by atoms with Crippen molar-refractivity contribution >= 4 is 6.09 Å². The molecule has 2 unspecified atom stereocenters. The molecule has 0 aromatic rings. The SMILES string of the molecule is CCCNCC(C)CN1CCC(NC(=O)OC)C1. The Morgan fingerprint density at radius 2 is 2.33 bits per heavy atom. The third kappa shape index (κ3) is 5.69. The van der Waals surface area contributed by atoms with Gasteiger partial charge in [0.15, 0.2) is 0 Å². The van der Waals surface area contributed by atoms with E-state index in [1.807, 2.05) is 0 Å². The number of hydrogen-bond acceptors (Lipinski definition) is 4. The zero-order valence-corrected chi connectivity index (χ0v) is 11.9. The molecule has 106 valence electrons. The molecule has 0 spiro atoms. The third-order valence-corrected chi connectivity index (χ3v) is 3.27. The molecule has 5 nitrogen and oxygen atoms in total. The number of amides is 1. The Labute approximate surface area is 110 Å². The van der Waals surface area contributed by atoms with Gasteiger partial charge >= 0.3 is 6.09 Å². The molecule has 2 atom stereocenters. The highest BCUT2D eigenvalue weighted by atomic mass is 16.5. The Bertz CT molecular complexity index is 248. The number of alkyl carbamates (subject to hydrolysis) is 1. The highest BCUT2D eigenvalue weighted by molar-refractivity contribution is 5.67. The Morgan fingerprint density at radius 3 is 3.00 bits per heavy atom. The predicted octanol–water partition coefficient (Wildman–Crippen LogP) is 1.05. The summed E-state index contributed by atoms with van der Waals surface area (Å²) in [7, 11) is 1.41. The molecular formula is C13H27N3O2. The molecule has 0 aromatic carbocycles. The van der Waals surface area contributed by atoms with Crippen molar-refractivity contribution < 1.29 is 9.53 Å². The fraction of sp³-hybridized carbons (Fsp3) is 0.923. The highest BCUT2D eigenvalue weighted by Gasteiger charge is 2.24. The van der Waals surface area contributed by atoms with Crippen molar-refractivity contribution in [2.45, 2.75) is 32.7 Å². The summed E-state index contributed by atoms with van der Waals surface area (Å²) in [6.07, 6.45) is 1.88. The van der Waals surface area contributed by atoms with Crippen LogP contribution < -0.4 is 10.6 Å². The van der Waals surface area contributed by atoms with Crippen LogP contribution in [0.1, 0.15) is 26.7 Å². The molecule has 1 saturated heterocycles. The number of nitrogens with zero attached hydrogens (tertiary/aromatic N) is 1. The Morgan fingerprint density at radius 1 is 1.56 bits per heavy atom. The quantitative estimate of drug-likeness (QED) is 0.670. The summed E-state index contributed by atoms with van der Waals surface area (Å²) < 4.78 is 4.62. The van der Waals surface area contributed by atoms with E-state index in [1.54, 1.807) is 0 Å². The van der Waals surface area contributed by atoms with Crippen LogP contribution in [0.25, 0.3) is 0 Å². The summed E-state index contributed by atoms with van der Waals surface area (Å²) in [4.78, 5) is 13.5. The standard InChI is InChI=1S/C13H27N3O2/c1-4-6-14-8-11(2)9-16-7-5-12(10-16)15-13(17)18-3/h11-12,14H,4-10H2,1-3H3,(H,15,17). The molecule has 1 amide bonds. The van der Waals surface area contributed by atoms with Crippen LogP contribution in [0.4, 0.5) is 4.79 Å². The van der Waals surface area contributed by atoms with E-state index < -0.39 is 0 Å². The molecule has 1 fully saturated rings. The van der Waals surface area contributed by atoms with Gasteiger partial charge in [-0.1, -0.05) is 13.8 Å². The van der Waals surface area contributed by atoms with Gasteiger partial charge in [0, 0.05) is 25.7 Å². The van der Waals surface area contributed by atoms with Crippen LogP contribution in [0.5, 0.6) is 0 Å². The Kier molecular flexibility index (Phi) is 7.05. The number of carbonyl (C=O) groups excluding carboxylic acids is 1. The fourth-order valence-electron chi connectivity index (χ4n) is 2.37. The van der Waals surface area contributed by atoms with Crippen molar-refractivity contribution in [2.75, 3.05) is 39.8 Å². The van der Waals surface area contributed by atoms with Gasteiger partial charge in [0.2, 0.25) is 0 Å². The first kappa shape index (κ1) is 15.2. The van der Waals surface area contributed by atoms with E-state index in [4.69, 9.17) is 0 Å². The first-order valence-electron chi connectivity index (χ1n) is 6.93. The smallest absolute Gasteiger partial charge is 0.407 e.